The van der Waals surface area contributed by atoms with Gasteiger partial charge < -0.3 is 15.5 Å². The number of aryl methyl sites for hydroxylation is 1. The SMILES string of the molecule is Cc1ccc(NC(=O)NC2CC2)cc1C(=O)N1CCC(c2ccc(C#N)cc2)CC1. The molecule has 1 aliphatic carbocycles. The summed E-state index contributed by atoms with van der Waals surface area (Å²) >= 11 is 0. The predicted molar refractivity (Wildman–Crippen MR) is 115 cm³/mol. The maximum atomic E-state index is 13.1. The number of anilines is 1. The molecule has 3 amide bonds. The Bertz CT molecular complexity index is 981. The average molecular weight is 402 g/mol. The fraction of sp³-hybridized carbons (Fsp3) is 0.375. The number of amides is 3. The summed E-state index contributed by atoms with van der Waals surface area (Å²) < 4.78 is 0. The van der Waals surface area contributed by atoms with Crippen LogP contribution >= 0.6 is 0 Å². The highest BCUT2D eigenvalue weighted by molar-refractivity contribution is 5.98. The van der Waals surface area contributed by atoms with Crippen LogP contribution in [0.5, 0.6) is 0 Å². The summed E-state index contributed by atoms with van der Waals surface area (Å²) in [4.78, 5) is 27.0. The van der Waals surface area contributed by atoms with Crippen molar-refractivity contribution >= 4 is 17.6 Å². The van der Waals surface area contributed by atoms with Gasteiger partial charge in [0, 0.05) is 30.4 Å². The van der Waals surface area contributed by atoms with Gasteiger partial charge in [0.15, 0.2) is 0 Å². The number of likely N-dealkylation sites (tertiary alicyclic amines) is 1. The van der Waals surface area contributed by atoms with Crippen LogP contribution in [0.4, 0.5) is 10.5 Å². The predicted octanol–water partition coefficient (Wildman–Crippen LogP) is 4.17. The molecule has 1 saturated heterocycles. The molecule has 30 heavy (non-hydrogen) atoms. The second kappa shape index (κ2) is 8.58. The number of rotatable bonds is 4. The Kier molecular flexibility index (Phi) is 5.71. The summed E-state index contributed by atoms with van der Waals surface area (Å²) in [6.45, 7) is 3.32. The molecular weight excluding hydrogens is 376 g/mol. The van der Waals surface area contributed by atoms with Gasteiger partial charge in [0.1, 0.15) is 0 Å². The van der Waals surface area contributed by atoms with Gasteiger partial charge in [-0.05, 0) is 73.9 Å². The molecule has 2 N–H and O–H groups in total. The minimum atomic E-state index is -0.219. The Labute approximate surface area is 176 Å². The number of nitrogens with one attached hydrogen (secondary N) is 2. The molecule has 154 valence electrons. The molecule has 0 radical (unpaired) electrons. The van der Waals surface area contributed by atoms with Gasteiger partial charge in [-0.1, -0.05) is 18.2 Å². The van der Waals surface area contributed by atoms with Crippen LogP contribution in [-0.2, 0) is 0 Å². The van der Waals surface area contributed by atoms with Crippen molar-refractivity contribution in [2.75, 3.05) is 18.4 Å². The van der Waals surface area contributed by atoms with Gasteiger partial charge in [-0.2, -0.15) is 5.26 Å². The second-order valence-corrected chi connectivity index (χ2v) is 8.20. The molecule has 1 saturated carbocycles. The van der Waals surface area contributed by atoms with Crippen molar-refractivity contribution in [2.24, 2.45) is 0 Å². The molecule has 6 heteroatoms. The standard InChI is InChI=1S/C24H26N4O2/c1-16-2-7-21(27-24(30)26-20-8-9-20)14-22(16)23(29)28-12-10-19(11-13-28)18-5-3-17(15-25)4-6-18/h2-7,14,19-20H,8-13H2,1H3,(H2,26,27,30). The third-order valence-electron chi connectivity index (χ3n) is 5.93. The number of carbonyl (C=O) groups excluding carboxylic acids is 2. The van der Waals surface area contributed by atoms with E-state index in [4.69, 9.17) is 5.26 Å². The van der Waals surface area contributed by atoms with E-state index in [1.807, 2.05) is 48.2 Å². The number of hydrogen-bond acceptors (Lipinski definition) is 3. The number of hydrogen-bond donors (Lipinski definition) is 2. The van der Waals surface area contributed by atoms with E-state index >= 15 is 0 Å². The number of carbonyl (C=O) groups is 2. The highest BCUT2D eigenvalue weighted by Gasteiger charge is 2.26. The van der Waals surface area contributed by atoms with Gasteiger partial charge in [0.05, 0.1) is 11.6 Å². The summed E-state index contributed by atoms with van der Waals surface area (Å²) in [5.41, 5.74) is 4.07. The second-order valence-electron chi connectivity index (χ2n) is 8.20. The third-order valence-corrected chi connectivity index (χ3v) is 5.93. The molecular formula is C24H26N4O2. The zero-order valence-electron chi connectivity index (χ0n) is 17.1. The van der Waals surface area contributed by atoms with Crippen molar-refractivity contribution in [1.82, 2.24) is 10.2 Å². The lowest BCUT2D eigenvalue weighted by molar-refractivity contribution is 0.0712. The largest absolute Gasteiger partial charge is 0.339 e. The van der Waals surface area contributed by atoms with E-state index in [0.717, 1.165) is 31.2 Å². The van der Waals surface area contributed by atoms with Crippen molar-refractivity contribution < 1.29 is 9.59 Å². The zero-order chi connectivity index (χ0) is 21.1. The first-order chi connectivity index (χ1) is 14.5. The van der Waals surface area contributed by atoms with E-state index in [1.54, 1.807) is 6.07 Å². The Morgan fingerprint density at radius 1 is 1.03 bits per heavy atom. The molecule has 0 unspecified atom stereocenters. The average Bonchev–Trinajstić information content (AvgIpc) is 3.58. The fourth-order valence-corrected chi connectivity index (χ4v) is 3.93. The van der Waals surface area contributed by atoms with Crippen LogP contribution in [0.1, 0.15) is 58.6 Å². The van der Waals surface area contributed by atoms with Crippen LogP contribution in [-0.4, -0.2) is 36.0 Å². The van der Waals surface area contributed by atoms with Crippen molar-refractivity contribution in [2.45, 2.75) is 44.6 Å². The van der Waals surface area contributed by atoms with E-state index in [-0.39, 0.29) is 18.0 Å². The lowest BCUT2D eigenvalue weighted by atomic mass is 9.88. The maximum Gasteiger partial charge on any atom is 0.319 e. The summed E-state index contributed by atoms with van der Waals surface area (Å²) in [5.74, 6) is 0.416. The highest BCUT2D eigenvalue weighted by atomic mass is 16.2. The molecule has 0 spiro atoms. The number of urea groups is 1. The fourth-order valence-electron chi connectivity index (χ4n) is 3.93. The molecule has 0 atom stereocenters. The topological polar surface area (TPSA) is 85.2 Å². The molecule has 2 aromatic carbocycles. The molecule has 1 heterocycles. The van der Waals surface area contributed by atoms with Crippen molar-refractivity contribution in [3.8, 4) is 6.07 Å². The van der Waals surface area contributed by atoms with Crippen LogP contribution in [0.2, 0.25) is 0 Å². The molecule has 6 nitrogen and oxygen atoms in total. The smallest absolute Gasteiger partial charge is 0.319 e. The van der Waals surface area contributed by atoms with E-state index < -0.39 is 0 Å². The number of nitriles is 1. The summed E-state index contributed by atoms with van der Waals surface area (Å²) in [6, 6.07) is 15.4. The van der Waals surface area contributed by atoms with Crippen molar-refractivity contribution in [3.63, 3.8) is 0 Å². The van der Waals surface area contributed by atoms with Gasteiger partial charge in [-0.3, -0.25) is 4.79 Å². The summed E-state index contributed by atoms with van der Waals surface area (Å²) in [5, 5.41) is 14.7. The Morgan fingerprint density at radius 2 is 1.73 bits per heavy atom. The molecule has 2 fully saturated rings. The van der Waals surface area contributed by atoms with Crippen LogP contribution < -0.4 is 10.6 Å². The van der Waals surface area contributed by atoms with Crippen molar-refractivity contribution in [3.05, 3.63) is 64.7 Å². The Balaban J connectivity index is 1.38. The van der Waals surface area contributed by atoms with Gasteiger partial charge in [-0.15, -0.1) is 0 Å². The highest BCUT2D eigenvalue weighted by Crippen LogP contribution is 2.29. The quantitative estimate of drug-likeness (QED) is 0.805. The first-order valence-corrected chi connectivity index (χ1v) is 10.5. The minimum absolute atomic E-state index is 0.0111. The third kappa shape index (κ3) is 4.62. The van der Waals surface area contributed by atoms with Gasteiger partial charge in [0.25, 0.3) is 5.91 Å². The zero-order valence-corrected chi connectivity index (χ0v) is 17.1. The first kappa shape index (κ1) is 20.0. The van der Waals surface area contributed by atoms with Crippen LogP contribution in [0.3, 0.4) is 0 Å². The monoisotopic (exact) mass is 402 g/mol. The Hall–Kier alpha value is -3.33. The summed E-state index contributed by atoms with van der Waals surface area (Å²) in [6.07, 6.45) is 3.86. The van der Waals surface area contributed by atoms with Gasteiger partial charge in [-0.25, -0.2) is 4.79 Å². The van der Waals surface area contributed by atoms with E-state index in [1.165, 1.54) is 5.56 Å². The molecule has 0 aromatic heterocycles. The molecule has 2 aromatic rings. The number of nitrogens with zero attached hydrogens (tertiary/aromatic N) is 2. The Morgan fingerprint density at radius 3 is 2.37 bits per heavy atom. The van der Waals surface area contributed by atoms with Crippen LogP contribution in [0, 0.1) is 18.3 Å². The van der Waals surface area contributed by atoms with E-state index in [9.17, 15) is 9.59 Å². The maximum absolute atomic E-state index is 13.1. The summed E-state index contributed by atoms with van der Waals surface area (Å²) in [7, 11) is 0. The number of benzene rings is 2. The molecule has 1 aliphatic heterocycles. The van der Waals surface area contributed by atoms with Gasteiger partial charge in [0.2, 0.25) is 0 Å². The van der Waals surface area contributed by atoms with Gasteiger partial charge >= 0.3 is 6.03 Å². The molecule has 0 bridgehead atoms. The molecule has 4 rings (SSSR count). The van der Waals surface area contributed by atoms with Crippen molar-refractivity contribution in [1.29, 1.82) is 5.26 Å². The minimum Gasteiger partial charge on any atom is -0.339 e. The van der Waals surface area contributed by atoms with Crippen LogP contribution in [0.15, 0.2) is 42.5 Å². The number of piperidine rings is 1. The van der Waals surface area contributed by atoms with E-state index in [2.05, 4.69) is 16.7 Å². The first-order valence-electron chi connectivity index (χ1n) is 10.5. The normalized spacial score (nSPS) is 16.6. The lowest BCUT2D eigenvalue weighted by Crippen LogP contribution is -2.38. The molecule has 2 aliphatic rings. The van der Waals surface area contributed by atoms with E-state index in [0.29, 0.717) is 35.8 Å². The lowest BCUT2D eigenvalue weighted by Gasteiger charge is -2.32. The van der Waals surface area contributed by atoms with Crippen LogP contribution in [0.25, 0.3) is 0 Å².